The predicted molar refractivity (Wildman–Crippen MR) is 67.1 cm³/mol. The number of rotatable bonds is 5. The van der Waals surface area contributed by atoms with Crippen LogP contribution < -0.4 is 4.74 Å². The van der Waals surface area contributed by atoms with Crippen molar-refractivity contribution < 1.29 is 19.3 Å². The van der Waals surface area contributed by atoms with Crippen LogP contribution in [-0.2, 0) is 9.63 Å². The summed E-state index contributed by atoms with van der Waals surface area (Å²) in [6, 6.07) is 0.419. The maximum absolute atomic E-state index is 11.2. The van der Waals surface area contributed by atoms with Gasteiger partial charge in [-0.3, -0.25) is 9.48 Å². The maximum Gasteiger partial charge on any atom is 0.397 e. The smallest absolute Gasteiger partial charge is 0.397 e. The van der Waals surface area contributed by atoms with E-state index < -0.39 is 0 Å². The SMILES string of the molecule is CN(C)C=O.COc1nn(C2CC2)cc1[N+](=O)OC. The van der Waals surface area contributed by atoms with Crippen molar-refractivity contribution in [1.29, 1.82) is 0 Å². The molecule has 19 heavy (non-hydrogen) atoms. The highest BCUT2D eigenvalue weighted by Crippen LogP contribution is 2.37. The molecule has 0 unspecified atom stereocenters. The Hall–Kier alpha value is -2.12. The molecule has 8 heteroatoms. The van der Waals surface area contributed by atoms with Crippen molar-refractivity contribution in [3.8, 4) is 5.88 Å². The van der Waals surface area contributed by atoms with Crippen molar-refractivity contribution in [3.05, 3.63) is 11.1 Å². The Morgan fingerprint density at radius 3 is 2.42 bits per heavy atom. The van der Waals surface area contributed by atoms with Gasteiger partial charge in [0.2, 0.25) is 6.41 Å². The van der Waals surface area contributed by atoms with Gasteiger partial charge in [0.05, 0.1) is 18.1 Å². The third-order valence-corrected chi connectivity index (χ3v) is 2.37. The zero-order chi connectivity index (χ0) is 14.4. The Balaban J connectivity index is 0.000000312. The molecule has 0 radical (unpaired) electrons. The zero-order valence-corrected chi connectivity index (χ0v) is 11.6. The van der Waals surface area contributed by atoms with Crippen molar-refractivity contribution >= 4 is 12.1 Å². The number of ether oxygens (including phenoxy) is 1. The normalized spacial score (nSPS) is 13.1. The van der Waals surface area contributed by atoms with E-state index in [0.717, 1.165) is 19.3 Å². The van der Waals surface area contributed by atoms with Gasteiger partial charge in [-0.2, -0.15) is 0 Å². The third kappa shape index (κ3) is 4.23. The van der Waals surface area contributed by atoms with Gasteiger partial charge in [0.1, 0.15) is 6.20 Å². The van der Waals surface area contributed by atoms with E-state index in [1.165, 1.54) is 19.1 Å². The number of carbonyl (C=O) groups is 1. The maximum atomic E-state index is 11.2. The van der Waals surface area contributed by atoms with Gasteiger partial charge in [-0.1, -0.05) is 0 Å². The van der Waals surface area contributed by atoms with E-state index in [1.807, 2.05) is 0 Å². The first-order chi connectivity index (χ1) is 9.03. The lowest BCUT2D eigenvalue weighted by molar-refractivity contribution is -0.736. The van der Waals surface area contributed by atoms with Gasteiger partial charge in [-0.25, -0.2) is 4.84 Å². The van der Waals surface area contributed by atoms with Crippen LogP contribution in [0.25, 0.3) is 0 Å². The van der Waals surface area contributed by atoms with Crippen molar-refractivity contribution in [3.63, 3.8) is 0 Å². The fraction of sp³-hybridized carbons (Fsp3) is 0.636. The molecule has 1 amide bonds. The van der Waals surface area contributed by atoms with E-state index in [2.05, 4.69) is 9.94 Å². The summed E-state index contributed by atoms with van der Waals surface area (Å²) in [5.41, 5.74) is 0.307. The lowest BCUT2D eigenvalue weighted by Crippen LogP contribution is -2.06. The number of methoxy groups -OCH3 is 1. The van der Waals surface area contributed by atoms with E-state index in [0.29, 0.717) is 22.5 Å². The summed E-state index contributed by atoms with van der Waals surface area (Å²) in [4.78, 5) is 27.0. The molecule has 1 aromatic rings. The molecule has 0 saturated heterocycles. The van der Waals surface area contributed by atoms with Crippen LogP contribution in [0.2, 0.25) is 0 Å². The number of hydrogen-bond acceptors (Lipinski definition) is 5. The van der Waals surface area contributed by atoms with Crippen molar-refractivity contribution in [1.82, 2.24) is 14.7 Å². The molecule has 0 atom stereocenters. The van der Waals surface area contributed by atoms with Gasteiger partial charge < -0.3 is 9.64 Å². The highest BCUT2D eigenvalue weighted by molar-refractivity contribution is 5.45. The lowest BCUT2D eigenvalue weighted by Gasteiger charge is -1.93. The number of nitrogens with zero attached hydrogens (tertiary/aromatic N) is 4. The van der Waals surface area contributed by atoms with Gasteiger partial charge in [-0.15, -0.1) is 5.10 Å². The van der Waals surface area contributed by atoms with Gasteiger partial charge in [0.15, 0.2) is 7.11 Å². The third-order valence-electron chi connectivity index (χ3n) is 2.37. The Morgan fingerprint density at radius 1 is 1.47 bits per heavy atom. The average molecular weight is 271 g/mol. The fourth-order valence-electron chi connectivity index (χ4n) is 1.26. The van der Waals surface area contributed by atoms with Crippen LogP contribution in [-0.4, -0.2) is 54.3 Å². The van der Waals surface area contributed by atoms with Crippen LogP contribution in [0.15, 0.2) is 6.20 Å². The number of hydrogen-bond donors (Lipinski definition) is 0. The van der Waals surface area contributed by atoms with Crippen LogP contribution in [0.4, 0.5) is 5.69 Å². The summed E-state index contributed by atoms with van der Waals surface area (Å²) in [7, 11) is 6.16. The molecule has 2 rings (SSSR count). The van der Waals surface area contributed by atoms with Crippen LogP contribution in [0.3, 0.4) is 0 Å². The lowest BCUT2D eigenvalue weighted by atomic mass is 10.5. The Labute approximate surface area is 111 Å². The quantitative estimate of drug-likeness (QED) is 0.587. The van der Waals surface area contributed by atoms with E-state index in [1.54, 1.807) is 25.0 Å². The molecular weight excluding hydrogens is 252 g/mol. The summed E-state index contributed by atoms with van der Waals surface area (Å²) in [5.74, 6) is 0.300. The molecule has 1 heterocycles. The van der Waals surface area contributed by atoms with E-state index in [4.69, 9.17) is 4.74 Å². The van der Waals surface area contributed by atoms with Crippen molar-refractivity contribution in [2.75, 3.05) is 28.3 Å². The van der Waals surface area contributed by atoms with Gasteiger partial charge >= 0.3 is 11.6 Å². The second-order valence-electron chi connectivity index (χ2n) is 4.24. The summed E-state index contributed by atoms with van der Waals surface area (Å²) in [6.07, 6.45) is 4.61. The summed E-state index contributed by atoms with van der Waals surface area (Å²) < 4.78 is 6.72. The Kier molecular flexibility index (Phi) is 5.28. The monoisotopic (exact) mass is 271 g/mol. The van der Waals surface area contributed by atoms with Gasteiger partial charge in [0.25, 0.3) is 4.92 Å². The first kappa shape index (κ1) is 14.9. The Morgan fingerprint density at radius 2 is 2.05 bits per heavy atom. The zero-order valence-electron chi connectivity index (χ0n) is 11.6. The summed E-state index contributed by atoms with van der Waals surface area (Å²) in [6.45, 7) is 0. The molecule has 1 fully saturated rings. The molecule has 1 saturated carbocycles. The molecule has 1 aliphatic rings. The molecule has 0 bridgehead atoms. The van der Waals surface area contributed by atoms with Crippen LogP contribution in [0.1, 0.15) is 18.9 Å². The van der Waals surface area contributed by atoms with Gasteiger partial charge in [-0.05, 0) is 12.8 Å². The first-order valence-electron chi connectivity index (χ1n) is 5.79. The first-order valence-corrected chi connectivity index (χ1v) is 5.79. The van der Waals surface area contributed by atoms with Crippen molar-refractivity contribution in [2.24, 2.45) is 0 Å². The minimum atomic E-state index is 0.300. The minimum Gasteiger partial charge on any atom is -0.475 e. The largest absolute Gasteiger partial charge is 0.475 e. The number of carbonyl (C=O) groups excluding carboxylic acids is 1. The molecule has 1 aliphatic carbocycles. The molecule has 8 nitrogen and oxygen atoms in total. The van der Waals surface area contributed by atoms with E-state index in [9.17, 15) is 9.70 Å². The summed E-state index contributed by atoms with van der Waals surface area (Å²) >= 11 is 0. The minimum absolute atomic E-state index is 0.300. The molecule has 0 aliphatic heterocycles. The van der Waals surface area contributed by atoms with Crippen LogP contribution >= 0.6 is 0 Å². The molecule has 0 N–H and O–H groups in total. The van der Waals surface area contributed by atoms with Crippen molar-refractivity contribution in [2.45, 2.75) is 18.9 Å². The highest BCUT2D eigenvalue weighted by atomic mass is 16.8. The average Bonchev–Trinajstić information content (AvgIpc) is 3.18. The number of amides is 1. The highest BCUT2D eigenvalue weighted by Gasteiger charge is 2.32. The molecule has 0 spiro atoms. The molecular formula is C11H19N4O4+. The standard InChI is InChI=1S/C8H12N3O3.C3H7NO/c1-13-8-7(11(12)14-2)5-10(9-8)6-3-4-6;1-4(2)3-5/h5-6H,3-4H2,1-2H3;3H,1-2H3/q+1;. The molecule has 1 aromatic heterocycles. The van der Waals surface area contributed by atoms with Crippen LogP contribution in [0.5, 0.6) is 5.88 Å². The molecule has 0 aromatic carbocycles. The number of aromatic nitrogens is 2. The van der Waals surface area contributed by atoms with E-state index in [-0.39, 0.29) is 0 Å². The molecule has 106 valence electrons. The van der Waals surface area contributed by atoms with Gasteiger partial charge in [0, 0.05) is 14.1 Å². The second kappa shape index (κ2) is 6.72. The summed E-state index contributed by atoms with van der Waals surface area (Å²) in [5, 5.41) is 4.13. The predicted octanol–water partition coefficient (Wildman–Crippen LogP) is 0.903. The second-order valence-corrected chi connectivity index (χ2v) is 4.24. The van der Waals surface area contributed by atoms with E-state index >= 15 is 0 Å². The fourth-order valence-corrected chi connectivity index (χ4v) is 1.26. The Bertz CT molecular complexity index is 440. The van der Waals surface area contributed by atoms with Crippen LogP contribution in [0, 0.1) is 4.91 Å². The topological polar surface area (TPSA) is 76.7 Å².